The number of hydrogen-bond acceptors (Lipinski definition) is 4. The van der Waals surface area contributed by atoms with Crippen LogP contribution in [0.2, 0.25) is 0 Å². The monoisotopic (exact) mass is 289 g/mol. The molecule has 0 radical (unpaired) electrons. The first-order valence-electron chi connectivity index (χ1n) is 7.49. The second-order valence-electron chi connectivity index (χ2n) is 5.70. The molecule has 1 aliphatic carbocycles. The van der Waals surface area contributed by atoms with Crippen LogP contribution in [0.25, 0.3) is 0 Å². The molecule has 0 spiro atoms. The van der Waals surface area contributed by atoms with Crippen LogP contribution in [0.1, 0.15) is 41.6 Å². The lowest BCUT2D eigenvalue weighted by molar-refractivity contribution is -0.112. The van der Waals surface area contributed by atoms with Crippen molar-refractivity contribution in [3.63, 3.8) is 0 Å². The number of hydrazine groups is 1. The number of aldehydes is 1. The van der Waals surface area contributed by atoms with E-state index in [1.165, 1.54) is 0 Å². The summed E-state index contributed by atoms with van der Waals surface area (Å²) in [6.07, 6.45) is 5.00. The molecule has 1 amide bonds. The molecule has 21 heavy (non-hydrogen) atoms. The third-order valence-corrected chi connectivity index (χ3v) is 4.16. The van der Waals surface area contributed by atoms with Crippen molar-refractivity contribution in [2.45, 2.75) is 32.2 Å². The molecular formula is C16H23N3O2. The Morgan fingerprint density at radius 1 is 1.19 bits per heavy atom. The van der Waals surface area contributed by atoms with E-state index in [0.29, 0.717) is 24.6 Å². The van der Waals surface area contributed by atoms with Crippen LogP contribution in [0.15, 0.2) is 24.3 Å². The van der Waals surface area contributed by atoms with Crippen LogP contribution in [0.3, 0.4) is 0 Å². The number of nitrogens with two attached hydrogens (primary N) is 1. The van der Waals surface area contributed by atoms with E-state index in [-0.39, 0.29) is 11.8 Å². The van der Waals surface area contributed by atoms with Crippen molar-refractivity contribution >= 4 is 12.2 Å². The highest BCUT2D eigenvalue weighted by Crippen LogP contribution is 2.26. The predicted molar refractivity (Wildman–Crippen MR) is 81.3 cm³/mol. The first kappa shape index (κ1) is 15.7. The van der Waals surface area contributed by atoms with Crippen molar-refractivity contribution in [3.8, 4) is 0 Å². The van der Waals surface area contributed by atoms with Gasteiger partial charge in [-0.3, -0.25) is 16.1 Å². The summed E-state index contributed by atoms with van der Waals surface area (Å²) in [5.41, 5.74) is 4.29. The van der Waals surface area contributed by atoms with E-state index in [4.69, 9.17) is 5.84 Å². The SMILES string of the molecule is NNCc1ccc(C(=O)NCC2CCC(C=O)CC2)cc1. The number of rotatable bonds is 6. The van der Waals surface area contributed by atoms with Crippen molar-refractivity contribution in [2.75, 3.05) is 6.54 Å². The Balaban J connectivity index is 1.78. The smallest absolute Gasteiger partial charge is 0.251 e. The number of carbonyl (C=O) groups excluding carboxylic acids is 2. The van der Waals surface area contributed by atoms with Gasteiger partial charge in [-0.1, -0.05) is 12.1 Å². The van der Waals surface area contributed by atoms with Crippen LogP contribution >= 0.6 is 0 Å². The lowest BCUT2D eigenvalue weighted by atomic mass is 9.83. The van der Waals surface area contributed by atoms with Gasteiger partial charge < -0.3 is 10.1 Å². The fourth-order valence-corrected chi connectivity index (χ4v) is 2.76. The van der Waals surface area contributed by atoms with Gasteiger partial charge in [0.2, 0.25) is 0 Å². The largest absolute Gasteiger partial charge is 0.352 e. The van der Waals surface area contributed by atoms with Crippen LogP contribution in [0.4, 0.5) is 0 Å². The lowest BCUT2D eigenvalue weighted by Crippen LogP contribution is -2.31. The van der Waals surface area contributed by atoms with Crippen LogP contribution in [-0.2, 0) is 11.3 Å². The van der Waals surface area contributed by atoms with Gasteiger partial charge in [0.25, 0.3) is 5.91 Å². The molecule has 0 aromatic heterocycles. The molecule has 114 valence electrons. The third kappa shape index (κ3) is 4.65. The summed E-state index contributed by atoms with van der Waals surface area (Å²) in [5, 5.41) is 2.99. The van der Waals surface area contributed by atoms with Gasteiger partial charge >= 0.3 is 0 Å². The summed E-state index contributed by atoms with van der Waals surface area (Å²) >= 11 is 0. The number of carbonyl (C=O) groups is 2. The van der Waals surface area contributed by atoms with Gasteiger partial charge in [-0.2, -0.15) is 0 Å². The van der Waals surface area contributed by atoms with E-state index in [2.05, 4.69) is 10.7 Å². The Kier molecular flexibility index (Phi) is 5.90. The highest BCUT2D eigenvalue weighted by molar-refractivity contribution is 5.94. The van der Waals surface area contributed by atoms with Crippen molar-refractivity contribution in [1.82, 2.24) is 10.7 Å². The Morgan fingerprint density at radius 3 is 2.43 bits per heavy atom. The topological polar surface area (TPSA) is 84.2 Å². The molecule has 1 aromatic rings. The Hall–Kier alpha value is -1.72. The minimum absolute atomic E-state index is 0.0419. The Bertz CT molecular complexity index is 465. The summed E-state index contributed by atoms with van der Waals surface area (Å²) in [4.78, 5) is 22.8. The first-order valence-corrected chi connectivity index (χ1v) is 7.49. The van der Waals surface area contributed by atoms with E-state index < -0.39 is 0 Å². The average molecular weight is 289 g/mol. The lowest BCUT2D eigenvalue weighted by Gasteiger charge is -2.25. The van der Waals surface area contributed by atoms with Crippen LogP contribution < -0.4 is 16.6 Å². The molecule has 0 aliphatic heterocycles. The van der Waals surface area contributed by atoms with Gasteiger partial charge in [-0.05, 0) is 49.3 Å². The molecule has 5 heteroatoms. The number of benzene rings is 1. The van der Waals surface area contributed by atoms with Gasteiger partial charge in [0, 0.05) is 24.6 Å². The summed E-state index contributed by atoms with van der Waals surface area (Å²) in [6.45, 7) is 1.28. The highest BCUT2D eigenvalue weighted by atomic mass is 16.1. The Morgan fingerprint density at radius 2 is 1.86 bits per heavy atom. The number of amides is 1. The minimum atomic E-state index is -0.0419. The number of nitrogens with one attached hydrogen (secondary N) is 2. The second kappa shape index (κ2) is 7.90. The van der Waals surface area contributed by atoms with Gasteiger partial charge in [0.1, 0.15) is 6.29 Å². The standard InChI is InChI=1S/C16H23N3O2/c17-19-10-13-5-7-15(8-6-13)16(21)18-9-12-1-3-14(11-20)4-2-12/h5-8,11-12,14,19H,1-4,9-10,17H2,(H,18,21). The summed E-state index contributed by atoms with van der Waals surface area (Å²) in [5.74, 6) is 5.93. The molecule has 1 aromatic carbocycles. The molecule has 1 aliphatic rings. The average Bonchev–Trinajstić information content (AvgIpc) is 2.54. The zero-order chi connectivity index (χ0) is 15.1. The van der Waals surface area contributed by atoms with E-state index in [9.17, 15) is 9.59 Å². The third-order valence-electron chi connectivity index (χ3n) is 4.16. The first-order chi connectivity index (χ1) is 10.2. The van der Waals surface area contributed by atoms with Crippen LogP contribution in [0, 0.1) is 11.8 Å². The maximum Gasteiger partial charge on any atom is 0.251 e. The zero-order valence-electron chi connectivity index (χ0n) is 12.2. The maximum atomic E-state index is 12.1. The zero-order valence-corrected chi connectivity index (χ0v) is 12.2. The van der Waals surface area contributed by atoms with Crippen molar-refractivity contribution < 1.29 is 9.59 Å². The molecule has 0 unspecified atom stereocenters. The predicted octanol–water partition coefficient (Wildman–Crippen LogP) is 1.38. The van der Waals surface area contributed by atoms with Gasteiger partial charge in [0.15, 0.2) is 0 Å². The van der Waals surface area contributed by atoms with Crippen molar-refractivity contribution in [2.24, 2.45) is 17.7 Å². The molecule has 2 rings (SSSR count). The van der Waals surface area contributed by atoms with E-state index in [0.717, 1.165) is 37.5 Å². The fourth-order valence-electron chi connectivity index (χ4n) is 2.76. The molecule has 1 fully saturated rings. The molecule has 0 atom stereocenters. The quantitative estimate of drug-likeness (QED) is 0.420. The van der Waals surface area contributed by atoms with Crippen LogP contribution in [-0.4, -0.2) is 18.7 Å². The maximum absolute atomic E-state index is 12.1. The molecule has 0 saturated heterocycles. The molecule has 4 N–H and O–H groups in total. The summed E-state index contributed by atoms with van der Waals surface area (Å²) in [7, 11) is 0. The van der Waals surface area contributed by atoms with Gasteiger partial charge in [0.05, 0.1) is 0 Å². The van der Waals surface area contributed by atoms with E-state index in [1.54, 1.807) is 0 Å². The molecule has 0 heterocycles. The van der Waals surface area contributed by atoms with Crippen molar-refractivity contribution in [3.05, 3.63) is 35.4 Å². The summed E-state index contributed by atoms with van der Waals surface area (Å²) in [6, 6.07) is 7.41. The van der Waals surface area contributed by atoms with Crippen molar-refractivity contribution in [1.29, 1.82) is 0 Å². The molecule has 1 saturated carbocycles. The Labute approximate surface area is 125 Å². The normalized spacial score (nSPS) is 21.8. The second-order valence-corrected chi connectivity index (χ2v) is 5.70. The molecule has 0 bridgehead atoms. The number of hydrogen-bond donors (Lipinski definition) is 3. The summed E-state index contributed by atoms with van der Waals surface area (Å²) < 4.78 is 0. The highest BCUT2D eigenvalue weighted by Gasteiger charge is 2.21. The minimum Gasteiger partial charge on any atom is -0.352 e. The molecule has 5 nitrogen and oxygen atoms in total. The van der Waals surface area contributed by atoms with Gasteiger partial charge in [-0.15, -0.1) is 0 Å². The van der Waals surface area contributed by atoms with E-state index >= 15 is 0 Å². The molecular weight excluding hydrogens is 266 g/mol. The fraction of sp³-hybridized carbons (Fsp3) is 0.500. The van der Waals surface area contributed by atoms with E-state index in [1.807, 2.05) is 24.3 Å². The van der Waals surface area contributed by atoms with Crippen LogP contribution in [0.5, 0.6) is 0 Å². The van der Waals surface area contributed by atoms with Gasteiger partial charge in [-0.25, -0.2) is 0 Å².